The fraction of sp³-hybridized carbons (Fsp3) is 0.136. The van der Waals surface area contributed by atoms with E-state index < -0.39 is 27.6 Å². The fourth-order valence-electron chi connectivity index (χ4n) is 2.86. The van der Waals surface area contributed by atoms with Crippen molar-refractivity contribution in [1.29, 1.82) is 0 Å². The summed E-state index contributed by atoms with van der Waals surface area (Å²) in [7, 11) is -2.66. The van der Waals surface area contributed by atoms with Gasteiger partial charge in [0, 0.05) is 23.9 Å². The van der Waals surface area contributed by atoms with Gasteiger partial charge in [-0.1, -0.05) is 30.3 Å². The quantitative estimate of drug-likeness (QED) is 0.552. The van der Waals surface area contributed by atoms with Gasteiger partial charge >= 0.3 is 0 Å². The van der Waals surface area contributed by atoms with Crippen LogP contribution in [0.5, 0.6) is 5.75 Å². The van der Waals surface area contributed by atoms with E-state index >= 15 is 0 Å². The predicted molar refractivity (Wildman–Crippen MR) is 113 cm³/mol. The van der Waals surface area contributed by atoms with Gasteiger partial charge in [0.25, 0.3) is 5.91 Å². The summed E-state index contributed by atoms with van der Waals surface area (Å²) in [5.41, 5.74) is 1.01. The minimum Gasteiger partial charge on any atom is -0.495 e. The number of anilines is 1. The Bertz CT molecular complexity index is 1190. The highest BCUT2D eigenvalue weighted by molar-refractivity contribution is 7.89. The number of hydrogen-bond donors (Lipinski definition) is 2. The molecule has 0 aliphatic heterocycles. The first kappa shape index (κ1) is 22.4. The average Bonchev–Trinajstić information content (AvgIpc) is 2.76. The molecule has 0 radical (unpaired) electrons. The molecular formula is C22H20F2N2O4S. The van der Waals surface area contributed by atoms with E-state index in [0.717, 1.165) is 17.7 Å². The van der Waals surface area contributed by atoms with Crippen LogP contribution >= 0.6 is 0 Å². The topological polar surface area (TPSA) is 84.5 Å². The van der Waals surface area contributed by atoms with Crippen LogP contribution in [0.3, 0.4) is 0 Å². The molecule has 0 fully saturated rings. The van der Waals surface area contributed by atoms with Gasteiger partial charge in [-0.05, 0) is 42.3 Å². The number of rotatable bonds is 8. The van der Waals surface area contributed by atoms with Crippen LogP contribution in [0.25, 0.3) is 0 Å². The van der Waals surface area contributed by atoms with Crippen LogP contribution in [0.15, 0.2) is 71.6 Å². The molecule has 0 unspecified atom stereocenters. The molecule has 0 aromatic heterocycles. The summed E-state index contributed by atoms with van der Waals surface area (Å²) in [5, 5.41) is 2.41. The van der Waals surface area contributed by atoms with E-state index in [1.807, 2.05) is 30.3 Å². The number of benzene rings is 3. The van der Waals surface area contributed by atoms with E-state index in [1.165, 1.54) is 31.4 Å². The van der Waals surface area contributed by atoms with Gasteiger partial charge in [0.2, 0.25) is 10.0 Å². The maximum Gasteiger partial charge on any atom is 0.255 e. The first-order valence-electron chi connectivity index (χ1n) is 9.28. The number of sulfonamides is 1. The van der Waals surface area contributed by atoms with Crippen molar-refractivity contribution in [2.24, 2.45) is 0 Å². The molecule has 6 nitrogen and oxygen atoms in total. The van der Waals surface area contributed by atoms with Crippen LogP contribution in [0.4, 0.5) is 14.5 Å². The van der Waals surface area contributed by atoms with E-state index in [2.05, 4.69) is 10.0 Å². The Kier molecular flexibility index (Phi) is 6.98. The van der Waals surface area contributed by atoms with Crippen LogP contribution in [-0.2, 0) is 16.4 Å². The van der Waals surface area contributed by atoms with Gasteiger partial charge in [0.05, 0.1) is 7.11 Å². The predicted octanol–water partition coefficient (Wildman–Crippen LogP) is 3.75. The molecule has 0 saturated heterocycles. The second kappa shape index (κ2) is 9.67. The minimum absolute atomic E-state index is 0.00830. The molecule has 0 saturated carbocycles. The van der Waals surface area contributed by atoms with Crippen LogP contribution in [-0.4, -0.2) is 28.0 Å². The van der Waals surface area contributed by atoms with Crippen molar-refractivity contribution in [1.82, 2.24) is 4.72 Å². The molecule has 9 heteroatoms. The van der Waals surface area contributed by atoms with Gasteiger partial charge in [-0.2, -0.15) is 0 Å². The summed E-state index contributed by atoms with van der Waals surface area (Å²) in [5.74, 6) is -2.78. The number of methoxy groups -OCH3 is 1. The SMILES string of the molecule is COc1ccc(C(=O)Nc2ccc(F)c(F)c2)cc1S(=O)(=O)NCCc1ccccc1. The lowest BCUT2D eigenvalue weighted by Crippen LogP contribution is -2.27. The highest BCUT2D eigenvalue weighted by atomic mass is 32.2. The van der Waals surface area contributed by atoms with Gasteiger partial charge in [0.15, 0.2) is 11.6 Å². The monoisotopic (exact) mass is 446 g/mol. The summed E-state index contributed by atoms with van der Waals surface area (Å²) >= 11 is 0. The molecule has 3 aromatic carbocycles. The van der Waals surface area contributed by atoms with E-state index in [1.54, 1.807) is 0 Å². The Hall–Kier alpha value is -3.30. The number of carbonyl (C=O) groups is 1. The first-order chi connectivity index (χ1) is 14.8. The molecule has 2 N–H and O–H groups in total. The first-order valence-corrected chi connectivity index (χ1v) is 10.8. The number of hydrogen-bond acceptors (Lipinski definition) is 4. The van der Waals surface area contributed by atoms with Crippen molar-refractivity contribution in [2.45, 2.75) is 11.3 Å². The van der Waals surface area contributed by atoms with Crippen molar-refractivity contribution in [3.8, 4) is 5.75 Å². The molecule has 0 atom stereocenters. The van der Waals surface area contributed by atoms with Crippen molar-refractivity contribution < 1.29 is 26.7 Å². The zero-order chi connectivity index (χ0) is 22.4. The number of nitrogens with one attached hydrogen (secondary N) is 2. The van der Waals surface area contributed by atoms with E-state index in [-0.39, 0.29) is 28.4 Å². The van der Waals surface area contributed by atoms with Gasteiger partial charge in [-0.3, -0.25) is 4.79 Å². The second-order valence-electron chi connectivity index (χ2n) is 6.58. The third-order valence-electron chi connectivity index (χ3n) is 4.44. The number of amides is 1. The highest BCUT2D eigenvalue weighted by Crippen LogP contribution is 2.25. The smallest absolute Gasteiger partial charge is 0.255 e. The standard InChI is InChI=1S/C22H20F2N2O4S/c1-30-20-10-7-16(22(27)26-17-8-9-18(23)19(24)14-17)13-21(20)31(28,29)25-12-11-15-5-3-2-4-6-15/h2-10,13-14,25H,11-12H2,1H3,(H,26,27). The van der Waals surface area contributed by atoms with Crippen molar-refractivity contribution in [3.05, 3.63) is 89.5 Å². The molecule has 0 spiro atoms. The molecule has 3 aromatic rings. The maximum atomic E-state index is 13.4. The number of ether oxygens (including phenoxy) is 1. The zero-order valence-corrected chi connectivity index (χ0v) is 17.4. The molecule has 0 heterocycles. The summed E-state index contributed by atoms with van der Waals surface area (Å²) in [6.07, 6.45) is 0.485. The average molecular weight is 446 g/mol. The number of carbonyl (C=O) groups excluding carboxylic acids is 1. The molecular weight excluding hydrogens is 426 g/mol. The Morgan fingerprint density at radius 1 is 0.968 bits per heavy atom. The normalized spacial score (nSPS) is 11.2. The summed E-state index contributed by atoms with van der Waals surface area (Å²) in [6, 6.07) is 16.2. The third-order valence-corrected chi connectivity index (χ3v) is 5.92. The molecule has 0 aliphatic rings. The maximum absolute atomic E-state index is 13.4. The van der Waals surface area contributed by atoms with E-state index in [9.17, 15) is 22.0 Å². The van der Waals surface area contributed by atoms with Gasteiger partial charge in [0.1, 0.15) is 10.6 Å². The highest BCUT2D eigenvalue weighted by Gasteiger charge is 2.21. The van der Waals surface area contributed by atoms with E-state index in [0.29, 0.717) is 6.42 Å². The Balaban J connectivity index is 1.78. The van der Waals surface area contributed by atoms with Gasteiger partial charge in [-0.25, -0.2) is 21.9 Å². The van der Waals surface area contributed by atoms with Crippen molar-refractivity contribution >= 4 is 21.6 Å². The molecule has 0 bridgehead atoms. The van der Waals surface area contributed by atoms with Crippen LogP contribution < -0.4 is 14.8 Å². The zero-order valence-electron chi connectivity index (χ0n) is 16.6. The van der Waals surface area contributed by atoms with Crippen molar-refractivity contribution in [2.75, 3.05) is 19.0 Å². The van der Waals surface area contributed by atoms with Crippen LogP contribution in [0.1, 0.15) is 15.9 Å². The van der Waals surface area contributed by atoms with Gasteiger partial charge in [-0.15, -0.1) is 0 Å². The lowest BCUT2D eigenvalue weighted by molar-refractivity contribution is 0.102. The Morgan fingerprint density at radius 2 is 1.71 bits per heavy atom. The molecule has 1 amide bonds. The Morgan fingerprint density at radius 3 is 2.39 bits per heavy atom. The largest absolute Gasteiger partial charge is 0.495 e. The van der Waals surface area contributed by atoms with E-state index in [4.69, 9.17) is 4.74 Å². The second-order valence-corrected chi connectivity index (χ2v) is 8.32. The van der Waals surface area contributed by atoms with Gasteiger partial charge < -0.3 is 10.1 Å². The fourth-order valence-corrected chi connectivity index (χ4v) is 4.08. The van der Waals surface area contributed by atoms with Crippen molar-refractivity contribution in [3.63, 3.8) is 0 Å². The van der Waals surface area contributed by atoms with Crippen LogP contribution in [0.2, 0.25) is 0 Å². The minimum atomic E-state index is -3.98. The lowest BCUT2D eigenvalue weighted by Gasteiger charge is -2.13. The molecule has 31 heavy (non-hydrogen) atoms. The summed E-state index contributed by atoms with van der Waals surface area (Å²) in [6.45, 7) is 0.154. The molecule has 3 rings (SSSR count). The molecule has 162 valence electrons. The number of halogens is 2. The van der Waals surface area contributed by atoms with Crippen LogP contribution in [0, 0.1) is 11.6 Å². The third kappa shape index (κ3) is 5.65. The molecule has 0 aliphatic carbocycles. The summed E-state index contributed by atoms with van der Waals surface area (Å²) in [4.78, 5) is 12.3. The lowest BCUT2D eigenvalue weighted by atomic mass is 10.2. The summed E-state index contributed by atoms with van der Waals surface area (Å²) < 4.78 is 59.7. The Labute approximate surface area is 178 Å².